The topological polar surface area (TPSA) is 68.0 Å². The number of nitrogens with zero attached hydrogens (tertiary/aromatic N) is 3. The first-order valence-electron chi connectivity index (χ1n) is 4.53. The van der Waals surface area contributed by atoms with Crippen LogP contribution in [0.1, 0.15) is 16.2 Å². The standard InChI is InChI=1S/C10H8ClN3O2/c11-8-4-2-1-3-7(8)5-14-6-12-9(13-14)10(15)16/h1-4,6H,5H2,(H,15,16). The molecule has 0 unspecified atom stereocenters. The van der Waals surface area contributed by atoms with Crippen molar-refractivity contribution in [3.8, 4) is 0 Å². The molecule has 1 aromatic heterocycles. The van der Waals surface area contributed by atoms with E-state index < -0.39 is 5.97 Å². The molecule has 6 heteroatoms. The fourth-order valence-corrected chi connectivity index (χ4v) is 1.47. The van der Waals surface area contributed by atoms with Gasteiger partial charge in [0.25, 0.3) is 5.82 Å². The van der Waals surface area contributed by atoms with Gasteiger partial charge in [0.2, 0.25) is 0 Å². The number of carboxylic acid groups (broad SMARTS) is 1. The molecule has 0 saturated carbocycles. The highest BCUT2D eigenvalue weighted by Gasteiger charge is 2.09. The highest BCUT2D eigenvalue weighted by molar-refractivity contribution is 6.31. The molecule has 1 N–H and O–H groups in total. The summed E-state index contributed by atoms with van der Waals surface area (Å²) in [5, 5.41) is 13.1. The van der Waals surface area contributed by atoms with E-state index in [4.69, 9.17) is 16.7 Å². The Labute approximate surface area is 96.3 Å². The van der Waals surface area contributed by atoms with Gasteiger partial charge in [-0.15, -0.1) is 5.10 Å². The molecule has 0 aliphatic rings. The highest BCUT2D eigenvalue weighted by Crippen LogP contribution is 2.15. The summed E-state index contributed by atoms with van der Waals surface area (Å²) in [6, 6.07) is 7.31. The van der Waals surface area contributed by atoms with Crippen LogP contribution in [-0.4, -0.2) is 25.8 Å². The summed E-state index contributed by atoms with van der Waals surface area (Å²) in [7, 11) is 0. The number of halogens is 1. The zero-order valence-electron chi connectivity index (χ0n) is 8.17. The van der Waals surface area contributed by atoms with Crippen LogP contribution in [0.3, 0.4) is 0 Å². The van der Waals surface area contributed by atoms with Crippen molar-refractivity contribution in [2.24, 2.45) is 0 Å². The van der Waals surface area contributed by atoms with Crippen molar-refractivity contribution in [3.63, 3.8) is 0 Å². The molecule has 1 heterocycles. The van der Waals surface area contributed by atoms with E-state index >= 15 is 0 Å². The molecule has 16 heavy (non-hydrogen) atoms. The molecular formula is C10H8ClN3O2. The van der Waals surface area contributed by atoms with E-state index in [1.54, 1.807) is 6.07 Å². The SMILES string of the molecule is O=C(O)c1ncn(Cc2ccccc2Cl)n1. The first-order valence-corrected chi connectivity index (χ1v) is 4.91. The lowest BCUT2D eigenvalue weighted by molar-refractivity contribution is 0.0683. The molecule has 0 radical (unpaired) electrons. The fraction of sp³-hybridized carbons (Fsp3) is 0.100. The maximum absolute atomic E-state index is 10.6. The van der Waals surface area contributed by atoms with Crippen LogP contribution in [-0.2, 0) is 6.54 Å². The summed E-state index contributed by atoms with van der Waals surface area (Å²) >= 11 is 5.97. The van der Waals surface area contributed by atoms with Crippen LogP contribution >= 0.6 is 11.6 Å². The van der Waals surface area contributed by atoms with Crippen LogP contribution in [0.2, 0.25) is 5.02 Å². The number of rotatable bonds is 3. The molecule has 0 fully saturated rings. The quantitative estimate of drug-likeness (QED) is 0.882. The summed E-state index contributed by atoms with van der Waals surface area (Å²) in [5.41, 5.74) is 0.867. The normalized spacial score (nSPS) is 10.3. The van der Waals surface area contributed by atoms with Crippen LogP contribution in [0, 0.1) is 0 Å². The first kappa shape index (κ1) is 10.6. The number of carboxylic acids is 1. The van der Waals surface area contributed by atoms with Gasteiger partial charge in [-0.05, 0) is 11.6 Å². The maximum atomic E-state index is 10.6. The second-order valence-electron chi connectivity index (χ2n) is 3.16. The average molecular weight is 238 g/mol. The number of hydrogen-bond acceptors (Lipinski definition) is 3. The van der Waals surface area contributed by atoms with Gasteiger partial charge < -0.3 is 5.11 Å². The van der Waals surface area contributed by atoms with Crippen molar-refractivity contribution in [1.29, 1.82) is 0 Å². The van der Waals surface area contributed by atoms with Gasteiger partial charge in [0, 0.05) is 5.02 Å². The smallest absolute Gasteiger partial charge is 0.375 e. The summed E-state index contributed by atoms with van der Waals surface area (Å²) in [5.74, 6) is -1.36. The predicted octanol–water partition coefficient (Wildman–Crippen LogP) is 1.68. The second kappa shape index (κ2) is 4.32. The number of hydrogen-bond donors (Lipinski definition) is 1. The molecule has 2 rings (SSSR count). The molecule has 5 nitrogen and oxygen atoms in total. The van der Waals surface area contributed by atoms with Gasteiger partial charge in [0.15, 0.2) is 0 Å². The number of aromatic nitrogens is 3. The van der Waals surface area contributed by atoms with Gasteiger partial charge in [-0.3, -0.25) is 0 Å². The molecule has 2 aromatic rings. The van der Waals surface area contributed by atoms with Gasteiger partial charge in [0.05, 0.1) is 6.54 Å². The molecule has 1 aromatic carbocycles. The molecule has 0 spiro atoms. The molecule has 82 valence electrons. The summed E-state index contributed by atoms with van der Waals surface area (Å²) < 4.78 is 1.44. The Morgan fingerprint density at radius 2 is 2.19 bits per heavy atom. The average Bonchev–Trinajstić information content (AvgIpc) is 2.70. The third-order valence-corrected chi connectivity index (χ3v) is 2.39. The maximum Gasteiger partial charge on any atom is 0.375 e. The zero-order chi connectivity index (χ0) is 11.5. The van der Waals surface area contributed by atoms with Gasteiger partial charge in [-0.25, -0.2) is 14.5 Å². The molecule has 0 amide bonds. The Bertz CT molecular complexity index is 524. The van der Waals surface area contributed by atoms with Crippen molar-refractivity contribution in [2.45, 2.75) is 6.54 Å². The van der Waals surface area contributed by atoms with E-state index in [0.29, 0.717) is 11.6 Å². The predicted molar refractivity (Wildman–Crippen MR) is 57.5 cm³/mol. The van der Waals surface area contributed by atoms with Crippen molar-refractivity contribution >= 4 is 17.6 Å². The molecule has 0 atom stereocenters. The Kier molecular flexibility index (Phi) is 2.87. The molecule has 0 bridgehead atoms. The third kappa shape index (κ3) is 2.20. The van der Waals surface area contributed by atoms with Crippen molar-refractivity contribution in [1.82, 2.24) is 14.8 Å². The van der Waals surface area contributed by atoms with E-state index in [1.165, 1.54) is 11.0 Å². The first-order chi connectivity index (χ1) is 7.66. The fourth-order valence-electron chi connectivity index (χ4n) is 1.27. The van der Waals surface area contributed by atoms with Crippen molar-refractivity contribution < 1.29 is 9.90 Å². The second-order valence-corrected chi connectivity index (χ2v) is 3.57. The zero-order valence-corrected chi connectivity index (χ0v) is 8.92. The summed E-state index contributed by atoms with van der Waals surface area (Å²) in [6.07, 6.45) is 1.37. The number of carbonyl (C=O) groups is 1. The van der Waals surface area contributed by atoms with Crippen LogP contribution < -0.4 is 0 Å². The van der Waals surface area contributed by atoms with Crippen LogP contribution in [0.4, 0.5) is 0 Å². The molecular weight excluding hydrogens is 230 g/mol. The lowest BCUT2D eigenvalue weighted by Crippen LogP contribution is -2.04. The molecule has 0 aliphatic heterocycles. The summed E-state index contributed by atoms with van der Waals surface area (Å²) in [6.45, 7) is 0.403. The van der Waals surface area contributed by atoms with Crippen LogP contribution in [0.15, 0.2) is 30.6 Å². The van der Waals surface area contributed by atoms with Crippen LogP contribution in [0.25, 0.3) is 0 Å². The lowest BCUT2D eigenvalue weighted by atomic mass is 10.2. The van der Waals surface area contributed by atoms with E-state index in [2.05, 4.69) is 10.1 Å². The van der Waals surface area contributed by atoms with E-state index in [0.717, 1.165) is 5.56 Å². The van der Waals surface area contributed by atoms with Crippen molar-refractivity contribution in [3.05, 3.63) is 47.0 Å². The van der Waals surface area contributed by atoms with Crippen LogP contribution in [0.5, 0.6) is 0 Å². The Morgan fingerprint density at radius 3 is 2.81 bits per heavy atom. The van der Waals surface area contributed by atoms with E-state index in [1.807, 2.05) is 18.2 Å². The number of aromatic carboxylic acids is 1. The minimum Gasteiger partial charge on any atom is -0.475 e. The largest absolute Gasteiger partial charge is 0.475 e. The van der Waals surface area contributed by atoms with Gasteiger partial charge in [-0.1, -0.05) is 29.8 Å². The van der Waals surface area contributed by atoms with Gasteiger partial charge in [0.1, 0.15) is 6.33 Å². The Morgan fingerprint density at radius 1 is 1.44 bits per heavy atom. The highest BCUT2D eigenvalue weighted by atomic mass is 35.5. The summed E-state index contributed by atoms with van der Waals surface area (Å²) in [4.78, 5) is 14.2. The van der Waals surface area contributed by atoms with E-state index in [9.17, 15) is 4.79 Å². The Balaban J connectivity index is 2.21. The minimum absolute atomic E-state index is 0.216. The van der Waals surface area contributed by atoms with Crippen molar-refractivity contribution in [2.75, 3.05) is 0 Å². The monoisotopic (exact) mass is 237 g/mol. The van der Waals surface area contributed by atoms with Gasteiger partial charge >= 0.3 is 5.97 Å². The van der Waals surface area contributed by atoms with Gasteiger partial charge in [-0.2, -0.15) is 0 Å². The number of benzene rings is 1. The van der Waals surface area contributed by atoms with E-state index in [-0.39, 0.29) is 5.82 Å². The Hall–Kier alpha value is -1.88. The molecule has 0 aliphatic carbocycles. The molecule has 0 saturated heterocycles. The third-order valence-electron chi connectivity index (χ3n) is 2.02. The lowest BCUT2D eigenvalue weighted by Gasteiger charge is -2.02. The minimum atomic E-state index is -1.14.